The van der Waals surface area contributed by atoms with Crippen LogP contribution in [-0.2, 0) is 11.2 Å². The van der Waals surface area contributed by atoms with E-state index in [0.717, 1.165) is 19.3 Å². The van der Waals surface area contributed by atoms with E-state index >= 15 is 0 Å². The van der Waals surface area contributed by atoms with Gasteiger partial charge in [0.05, 0.1) is 16.4 Å². The number of halogens is 1. The van der Waals surface area contributed by atoms with E-state index in [9.17, 15) is 20.0 Å². The van der Waals surface area contributed by atoms with Gasteiger partial charge in [0.25, 0.3) is 5.69 Å². The van der Waals surface area contributed by atoms with Gasteiger partial charge in [-0.2, -0.15) is 0 Å². The standard InChI is InChI=1S/C16H19ClN2O4/c17-14-7-12(19(22)23)4-3-10(14)6-15(21)18-16-11-2-1-9(5-11)13(16)8-20/h3-4,7,9,11,13,16,20H,1-2,5-6,8H2,(H,18,21). The number of nitrogens with one attached hydrogen (secondary N) is 1. The Hall–Kier alpha value is -1.66. The highest BCUT2D eigenvalue weighted by Gasteiger charge is 2.47. The molecule has 3 rings (SSSR count). The molecule has 6 nitrogen and oxygen atoms in total. The van der Waals surface area contributed by atoms with Crippen LogP contribution in [0.25, 0.3) is 0 Å². The molecule has 2 aliphatic rings. The number of carbonyl (C=O) groups excluding carboxylic acids is 1. The summed E-state index contributed by atoms with van der Waals surface area (Å²) in [6, 6.07) is 4.16. The predicted molar refractivity (Wildman–Crippen MR) is 85.1 cm³/mol. The maximum Gasteiger partial charge on any atom is 0.270 e. The van der Waals surface area contributed by atoms with Gasteiger partial charge in [0, 0.05) is 30.7 Å². The molecule has 2 bridgehead atoms. The van der Waals surface area contributed by atoms with Crippen LogP contribution in [0.1, 0.15) is 24.8 Å². The first-order valence-corrected chi connectivity index (χ1v) is 8.20. The topological polar surface area (TPSA) is 92.5 Å². The molecule has 23 heavy (non-hydrogen) atoms. The normalized spacial score (nSPS) is 28.8. The number of aliphatic hydroxyl groups excluding tert-OH is 1. The van der Waals surface area contributed by atoms with Crippen molar-refractivity contribution >= 4 is 23.2 Å². The third-order valence-electron chi connectivity index (χ3n) is 5.23. The lowest BCUT2D eigenvalue weighted by Crippen LogP contribution is -2.45. The fraction of sp³-hybridized carbons (Fsp3) is 0.562. The smallest absolute Gasteiger partial charge is 0.270 e. The van der Waals surface area contributed by atoms with Gasteiger partial charge in [0.2, 0.25) is 5.91 Å². The number of non-ortho nitro benzene ring substituents is 1. The van der Waals surface area contributed by atoms with Gasteiger partial charge in [-0.3, -0.25) is 14.9 Å². The van der Waals surface area contributed by atoms with E-state index in [1.807, 2.05) is 0 Å². The van der Waals surface area contributed by atoms with Crippen molar-refractivity contribution in [1.29, 1.82) is 0 Å². The number of hydrogen-bond donors (Lipinski definition) is 2. The van der Waals surface area contributed by atoms with Gasteiger partial charge in [0.15, 0.2) is 0 Å². The highest BCUT2D eigenvalue weighted by Crippen LogP contribution is 2.48. The first kappa shape index (κ1) is 16.2. The average Bonchev–Trinajstić information content (AvgIpc) is 3.10. The molecule has 0 heterocycles. The van der Waals surface area contributed by atoms with E-state index in [0.29, 0.717) is 17.4 Å². The van der Waals surface area contributed by atoms with Crippen LogP contribution in [0.4, 0.5) is 5.69 Å². The van der Waals surface area contributed by atoms with Crippen molar-refractivity contribution in [3.05, 3.63) is 38.9 Å². The lowest BCUT2D eigenvalue weighted by atomic mass is 9.85. The molecular formula is C16H19ClN2O4. The summed E-state index contributed by atoms with van der Waals surface area (Å²) in [6.07, 6.45) is 3.40. The molecular weight excluding hydrogens is 320 g/mol. The van der Waals surface area contributed by atoms with Crippen LogP contribution in [-0.4, -0.2) is 28.6 Å². The van der Waals surface area contributed by atoms with E-state index < -0.39 is 4.92 Å². The molecule has 2 aliphatic carbocycles. The van der Waals surface area contributed by atoms with E-state index in [-0.39, 0.29) is 41.6 Å². The Bertz CT molecular complexity index is 637. The number of rotatable bonds is 5. The number of nitro benzene ring substituents is 1. The second kappa shape index (κ2) is 6.45. The first-order chi connectivity index (χ1) is 11.0. The maximum absolute atomic E-state index is 12.3. The van der Waals surface area contributed by atoms with Gasteiger partial charge in [-0.15, -0.1) is 0 Å². The molecule has 2 fully saturated rings. The van der Waals surface area contributed by atoms with Crippen LogP contribution < -0.4 is 5.32 Å². The second-order valence-electron chi connectivity index (χ2n) is 6.48. The zero-order chi connectivity index (χ0) is 16.6. The monoisotopic (exact) mass is 338 g/mol. The maximum atomic E-state index is 12.3. The fourth-order valence-corrected chi connectivity index (χ4v) is 4.34. The summed E-state index contributed by atoms with van der Waals surface area (Å²) in [6.45, 7) is 0.102. The molecule has 1 aromatic carbocycles. The van der Waals surface area contributed by atoms with Crippen molar-refractivity contribution in [1.82, 2.24) is 5.32 Å². The minimum atomic E-state index is -0.517. The minimum absolute atomic E-state index is 0.0306. The Morgan fingerprint density at radius 1 is 1.39 bits per heavy atom. The molecule has 0 aliphatic heterocycles. The Morgan fingerprint density at radius 3 is 2.78 bits per heavy atom. The third-order valence-corrected chi connectivity index (χ3v) is 5.58. The van der Waals surface area contributed by atoms with E-state index in [4.69, 9.17) is 11.6 Å². The molecule has 2 N–H and O–H groups in total. The van der Waals surface area contributed by atoms with Crippen LogP contribution in [0, 0.1) is 27.9 Å². The number of nitrogens with zero attached hydrogens (tertiary/aromatic N) is 1. The van der Waals surface area contributed by atoms with E-state index in [1.165, 1.54) is 18.2 Å². The van der Waals surface area contributed by atoms with Gasteiger partial charge < -0.3 is 10.4 Å². The molecule has 0 saturated heterocycles. The number of aliphatic hydroxyl groups is 1. The van der Waals surface area contributed by atoms with Crippen LogP contribution in [0.2, 0.25) is 5.02 Å². The van der Waals surface area contributed by atoms with Crippen molar-refractivity contribution < 1.29 is 14.8 Å². The van der Waals surface area contributed by atoms with E-state index in [1.54, 1.807) is 0 Å². The molecule has 4 atom stereocenters. The van der Waals surface area contributed by atoms with Gasteiger partial charge in [-0.1, -0.05) is 17.7 Å². The second-order valence-corrected chi connectivity index (χ2v) is 6.89. The van der Waals surface area contributed by atoms with Crippen LogP contribution in [0.15, 0.2) is 18.2 Å². The average molecular weight is 339 g/mol. The van der Waals surface area contributed by atoms with Crippen molar-refractivity contribution in [2.75, 3.05) is 6.61 Å². The van der Waals surface area contributed by atoms with Gasteiger partial charge in [-0.25, -0.2) is 0 Å². The number of nitro groups is 1. The summed E-state index contributed by atoms with van der Waals surface area (Å²) < 4.78 is 0. The molecule has 0 spiro atoms. The van der Waals surface area contributed by atoms with Crippen LogP contribution >= 0.6 is 11.6 Å². The molecule has 1 aromatic rings. The molecule has 7 heteroatoms. The molecule has 4 unspecified atom stereocenters. The lowest BCUT2D eigenvalue weighted by Gasteiger charge is -2.30. The largest absolute Gasteiger partial charge is 0.396 e. The summed E-state index contributed by atoms with van der Waals surface area (Å²) in [5.74, 6) is 0.952. The minimum Gasteiger partial charge on any atom is -0.396 e. The Balaban J connectivity index is 1.65. The summed E-state index contributed by atoms with van der Waals surface area (Å²) in [4.78, 5) is 22.5. The van der Waals surface area contributed by atoms with Crippen molar-refractivity contribution in [3.63, 3.8) is 0 Å². The Kier molecular flexibility index (Phi) is 4.55. The SMILES string of the molecule is O=C(Cc1ccc([N+](=O)[O-])cc1Cl)NC1C2CCC(C2)C1CO. The predicted octanol–water partition coefficient (Wildman–Crippen LogP) is 2.31. The summed E-state index contributed by atoms with van der Waals surface area (Å²) in [5.41, 5.74) is 0.478. The van der Waals surface area contributed by atoms with Crippen LogP contribution in [0.5, 0.6) is 0 Å². The quantitative estimate of drug-likeness (QED) is 0.636. The van der Waals surface area contributed by atoms with Crippen LogP contribution in [0.3, 0.4) is 0 Å². The molecule has 124 valence electrons. The molecule has 2 saturated carbocycles. The summed E-state index contributed by atoms with van der Waals surface area (Å²) >= 11 is 6.03. The molecule has 0 radical (unpaired) electrons. The first-order valence-electron chi connectivity index (χ1n) is 7.82. The van der Waals surface area contributed by atoms with Crippen molar-refractivity contribution in [2.45, 2.75) is 31.7 Å². The number of amides is 1. The highest BCUT2D eigenvalue weighted by atomic mass is 35.5. The zero-order valence-electron chi connectivity index (χ0n) is 12.6. The van der Waals surface area contributed by atoms with Gasteiger partial charge in [0.1, 0.15) is 0 Å². The fourth-order valence-electron chi connectivity index (χ4n) is 4.10. The van der Waals surface area contributed by atoms with Crippen molar-refractivity contribution in [3.8, 4) is 0 Å². The number of hydrogen-bond acceptors (Lipinski definition) is 4. The highest BCUT2D eigenvalue weighted by molar-refractivity contribution is 6.31. The van der Waals surface area contributed by atoms with Gasteiger partial charge >= 0.3 is 0 Å². The Labute approximate surface area is 139 Å². The molecule has 1 amide bonds. The number of carbonyl (C=O) groups is 1. The Morgan fingerprint density at radius 2 is 2.13 bits per heavy atom. The van der Waals surface area contributed by atoms with Gasteiger partial charge in [-0.05, 0) is 36.7 Å². The number of benzene rings is 1. The van der Waals surface area contributed by atoms with Crippen molar-refractivity contribution in [2.24, 2.45) is 17.8 Å². The summed E-state index contributed by atoms with van der Waals surface area (Å²) in [5, 5.41) is 23.5. The third kappa shape index (κ3) is 3.19. The van der Waals surface area contributed by atoms with E-state index in [2.05, 4.69) is 5.32 Å². The zero-order valence-corrected chi connectivity index (χ0v) is 13.3. The molecule has 0 aromatic heterocycles. The number of fused-ring (bicyclic) bond motifs is 2. The lowest BCUT2D eigenvalue weighted by molar-refractivity contribution is -0.384. The summed E-state index contributed by atoms with van der Waals surface area (Å²) in [7, 11) is 0.